The van der Waals surface area contributed by atoms with Crippen molar-refractivity contribution in [1.82, 2.24) is 5.32 Å². The van der Waals surface area contributed by atoms with Crippen molar-refractivity contribution < 1.29 is 24.5 Å². The minimum atomic E-state index is -0.798. The van der Waals surface area contributed by atoms with Gasteiger partial charge in [-0.25, -0.2) is 0 Å². The third kappa shape index (κ3) is 47.8. The maximum atomic E-state index is 13.3. The Balaban J connectivity index is 4.64. The van der Waals surface area contributed by atoms with E-state index in [9.17, 15) is 19.8 Å². The van der Waals surface area contributed by atoms with Gasteiger partial charge in [-0.15, -0.1) is 0 Å². The van der Waals surface area contributed by atoms with Crippen molar-refractivity contribution in [2.75, 3.05) is 6.61 Å². The molecule has 378 valence electrons. The first-order valence-electron chi connectivity index (χ1n) is 28.0. The summed E-state index contributed by atoms with van der Waals surface area (Å²) in [6.07, 6.45) is 65.6. The van der Waals surface area contributed by atoms with Crippen molar-refractivity contribution in [3.8, 4) is 0 Å². The Morgan fingerprint density at radius 2 is 0.831 bits per heavy atom. The molecule has 0 aromatic heterocycles. The van der Waals surface area contributed by atoms with E-state index in [1.807, 2.05) is 0 Å². The van der Waals surface area contributed by atoms with Gasteiger partial charge in [0, 0.05) is 6.42 Å². The van der Waals surface area contributed by atoms with Gasteiger partial charge < -0.3 is 20.3 Å². The van der Waals surface area contributed by atoms with Crippen LogP contribution in [0.15, 0.2) is 60.8 Å². The summed E-state index contributed by atoms with van der Waals surface area (Å²) >= 11 is 0. The van der Waals surface area contributed by atoms with E-state index in [1.165, 1.54) is 141 Å². The quantitative estimate of drug-likeness (QED) is 0.0245. The number of hydrogen-bond donors (Lipinski definition) is 3. The molecule has 0 radical (unpaired) electrons. The number of carbonyl (C=O) groups is 2. The van der Waals surface area contributed by atoms with Gasteiger partial charge in [0.15, 0.2) is 0 Å². The third-order valence-corrected chi connectivity index (χ3v) is 12.6. The lowest BCUT2D eigenvalue weighted by molar-refractivity contribution is -0.151. The molecule has 6 nitrogen and oxygen atoms in total. The highest BCUT2D eigenvalue weighted by atomic mass is 16.5. The van der Waals surface area contributed by atoms with E-state index in [-0.39, 0.29) is 24.9 Å². The molecule has 0 bridgehead atoms. The van der Waals surface area contributed by atoms with Crippen LogP contribution in [0, 0.1) is 0 Å². The van der Waals surface area contributed by atoms with Crippen LogP contribution in [-0.2, 0) is 14.3 Å². The number of hydrogen-bond acceptors (Lipinski definition) is 5. The van der Waals surface area contributed by atoms with E-state index in [4.69, 9.17) is 4.74 Å². The van der Waals surface area contributed by atoms with Gasteiger partial charge in [0.1, 0.15) is 6.10 Å². The fourth-order valence-electron chi connectivity index (χ4n) is 8.31. The summed E-state index contributed by atoms with van der Waals surface area (Å²) in [5.74, 6) is -0.503. The number of rotatable bonds is 50. The van der Waals surface area contributed by atoms with Gasteiger partial charge in [-0.05, 0) is 89.9 Å². The van der Waals surface area contributed by atoms with Crippen molar-refractivity contribution in [1.29, 1.82) is 0 Å². The molecule has 0 spiro atoms. The summed E-state index contributed by atoms with van der Waals surface area (Å²) < 4.78 is 5.94. The molecular weight excluding hydrogens is 803 g/mol. The highest BCUT2D eigenvalue weighted by Crippen LogP contribution is 2.18. The van der Waals surface area contributed by atoms with Gasteiger partial charge in [-0.2, -0.15) is 0 Å². The Labute approximate surface area is 403 Å². The fourth-order valence-corrected chi connectivity index (χ4v) is 8.31. The van der Waals surface area contributed by atoms with Crippen LogP contribution in [-0.4, -0.2) is 46.9 Å². The SMILES string of the molecule is CCCCC/C=C\C/C=C\C/C=C\CCCCCCC(CC(=O)NC(CO)C(O)CCCCCCCCCCCCCCCC)OC(=O)CCCCCCCC/C=C/C=C/CCCCC. The van der Waals surface area contributed by atoms with Gasteiger partial charge in [-0.1, -0.05) is 236 Å². The first kappa shape index (κ1) is 62.6. The first-order chi connectivity index (χ1) is 32.0. The zero-order chi connectivity index (χ0) is 47.4. The number of amides is 1. The van der Waals surface area contributed by atoms with E-state index in [2.05, 4.69) is 86.8 Å². The molecule has 0 aromatic rings. The van der Waals surface area contributed by atoms with Gasteiger partial charge >= 0.3 is 5.97 Å². The first-order valence-corrected chi connectivity index (χ1v) is 28.0. The molecule has 0 rings (SSSR count). The number of unbranched alkanes of at least 4 members (excludes halogenated alkanes) is 29. The molecule has 3 N–H and O–H groups in total. The van der Waals surface area contributed by atoms with Crippen LogP contribution in [0.1, 0.15) is 278 Å². The predicted molar refractivity (Wildman–Crippen MR) is 282 cm³/mol. The minimum Gasteiger partial charge on any atom is -0.462 e. The lowest BCUT2D eigenvalue weighted by Crippen LogP contribution is -2.46. The number of ether oxygens (including phenoxy) is 1. The van der Waals surface area contributed by atoms with Crippen LogP contribution in [0.4, 0.5) is 0 Å². The largest absolute Gasteiger partial charge is 0.462 e. The number of esters is 1. The zero-order valence-corrected chi connectivity index (χ0v) is 43.1. The summed E-state index contributed by atoms with van der Waals surface area (Å²) in [4.78, 5) is 26.2. The third-order valence-electron chi connectivity index (χ3n) is 12.6. The normalized spacial score (nSPS) is 13.6. The summed E-state index contributed by atoms with van der Waals surface area (Å²) in [5.41, 5.74) is 0. The van der Waals surface area contributed by atoms with Gasteiger partial charge in [0.25, 0.3) is 0 Å². The van der Waals surface area contributed by atoms with E-state index in [0.29, 0.717) is 19.3 Å². The highest BCUT2D eigenvalue weighted by molar-refractivity contribution is 5.77. The summed E-state index contributed by atoms with van der Waals surface area (Å²) in [6, 6.07) is -0.713. The minimum absolute atomic E-state index is 0.0574. The molecule has 65 heavy (non-hydrogen) atoms. The number of allylic oxidation sites excluding steroid dienone is 10. The van der Waals surface area contributed by atoms with E-state index in [0.717, 1.165) is 89.9 Å². The molecule has 0 heterocycles. The highest BCUT2D eigenvalue weighted by Gasteiger charge is 2.24. The lowest BCUT2D eigenvalue weighted by atomic mass is 10.0. The summed E-state index contributed by atoms with van der Waals surface area (Å²) in [5, 5.41) is 23.8. The molecule has 0 aliphatic carbocycles. The molecule has 0 aliphatic heterocycles. The van der Waals surface area contributed by atoms with Crippen LogP contribution in [0.3, 0.4) is 0 Å². The maximum Gasteiger partial charge on any atom is 0.306 e. The Kier molecular flexibility index (Phi) is 50.6. The van der Waals surface area contributed by atoms with E-state index in [1.54, 1.807) is 0 Å². The Morgan fingerprint density at radius 1 is 0.462 bits per heavy atom. The summed E-state index contributed by atoms with van der Waals surface area (Å²) in [7, 11) is 0. The van der Waals surface area contributed by atoms with Crippen molar-refractivity contribution in [3.05, 3.63) is 60.8 Å². The molecule has 0 aromatic carbocycles. The molecule has 0 saturated carbocycles. The molecular formula is C59H107NO5. The van der Waals surface area contributed by atoms with Gasteiger partial charge in [0.05, 0.1) is 25.2 Å². The molecule has 0 aliphatic rings. The summed E-state index contributed by atoms with van der Waals surface area (Å²) in [6.45, 7) is 6.43. The monoisotopic (exact) mass is 910 g/mol. The van der Waals surface area contributed by atoms with Crippen LogP contribution >= 0.6 is 0 Å². The van der Waals surface area contributed by atoms with E-state index >= 15 is 0 Å². The van der Waals surface area contributed by atoms with Crippen LogP contribution in [0.2, 0.25) is 0 Å². The lowest BCUT2D eigenvalue weighted by Gasteiger charge is -2.24. The molecule has 6 heteroatoms. The van der Waals surface area contributed by atoms with Crippen molar-refractivity contribution in [3.63, 3.8) is 0 Å². The second-order valence-electron chi connectivity index (χ2n) is 19.0. The van der Waals surface area contributed by atoms with Crippen LogP contribution in [0.5, 0.6) is 0 Å². The van der Waals surface area contributed by atoms with E-state index < -0.39 is 18.2 Å². The Morgan fingerprint density at radius 3 is 1.31 bits per heavy atom. The standard InChI is InChI=1S/C59H107NO5/c1-4-7-10-13-16-19-22-25-28-29-31-32-35-38-41-44-47-50-55(65-59(64)52-49-46-43-40-37-34-30-26-23-20-17-14-11-8-5-2)53-58(63)60-56(54-61)57(62)51-48-45-42-39-36-33-27-24-21-18-15-12-9-6-3/h16-17,19-20,23,25-26,28,31-32,55-57,61-62H,4-15,18,21-22,24,27,29-30,33-54H2,1-3H3,(H,60,63)/b19-16-,20-17+,26-23+,28-25-,32-31-. The molecule has 0 fully saturated rings. The smallest absolute Gasteiger partial charge is 0.306 e. The number of carbonyl (C=O) groups excluding carboxylic acids is 2. The fraction of sp³-hybridized carbons (Fsp3) is 0.797. The molecule has 1 amide bonds. The van der Waals surface area contributed by atoms with Crippen molar-refractivity contribution in [2.24, 2.45) is 0 Å². The number of aliphatic hydroxyl groups excluding tert-OH is 2. The number of aliphatic hydroxyl groups is 2. The van der Waals surface area contributed by atoms with Gasteiger partial charge in [-0.3, -0.25) is 9.59 Å². The van der Waals surface area contributed by atoms with Crippen molar-refractivity contribution in [2.45, 2.75) is 296 Å². The molecule has 0 saturated heterocycles. The van der Waals surface area contributed by atoms with Crippen LogP contribution < -0.4 is 5.32 Å². The second-order valence-corrected chi connectivity index (χ2v) is 19.0. The topological polar surface area (TPSA) is 95.9 Å². The maximum absolute atomic E-state index is 13.3. The molecule has 3 atom stereocenters. The molecule has 3 unspecified atom stereocenters. The Bertz CT molecular complexity index is 1160. The van der Waals surface area contributed by atoms with Crippen LogP contribution in [0.25, 0.3) is 0 Å². The average Bonchev–Trinajstić information content (AvgIpc) is 3.30. The number of nitrogens with one attached hydrogen (secondary N) is 1. The van der Waals surface area contributed by atoms with Gasteiger partial charge in [0.2, 0.25) is 5.91 Å². The Hall–Kier alpha value is -2.44. The average molecular weight is 911 g/mol. The second kappa shape index (κ2) is 52.5. The van der Waals surface area contributed by atoms with Crippen molar-refractivity contribution >= 4 is 11.9 Å². The predicted octanol–water partition coefficient (Wildman–Crippen LogP) is 17.2. The zero-order valence-electron chi connectivity index (χ0n) is 43.1.